The minimum atomic E-state index is -1.64. The first-order chi connectivity index (χ1) is 8.91. The first-order valence-corrected chi connectivity index (χ1v) is 5.66. The molecule has 1 unspecified atom stereocenters. The first-order valence-electron chi connectivity index (χ1n) is 5.66. The monoisotopic (exact) mass is 272 g/mol. The molecule has 19 heavy (non-hydrogen) atoms. The molecule has 1 fully saturated rings. The number of nitrogens with one attached hydrogen (secondary N) is 1. The van der Waals surface area contributed by atoms with Gasteiger partial charge in [0, 0.05) is 13.0 Å². The molecular formula is C12H11F3N2O2. The van der Waals surface area contributed by atoms with E-state index in [9.17, 15) is 22.8 Å². The van der Waals surface area contributed by atoms with Gasteiger partial charge in [0.15, 0.2) is 17.5 Å². The van der Waals surface area contributed by atoms with Crippen molar-refractivity contribution in [3.05, 3.63) is 29.6 Å². The van der Waals surface area contributed by atoms with Gasteiger partial charge >= 0.3 is 0 Å². The topological polar surface area (TPSA) is 49.4 Å². The normalized spacial score (nSPS) is 20.2. The van der Waals surface area contributed by atoms with Gasteiger partial charge in [-0.05, 0) is 19.1 Å². The Labute approximate surface area is 107 Å². The predicted molar refractivity (Wildman–Crippen MR) is 60.9 cm³/mol. The molecule has 0 spiro atoms. The van der Waals surface area contributed by atoms with Gasteiger partial charge < -0.3 is 10.2 Å². The van der Waals surface area contributed by atoms with Gasteiger partial charge in [0.2, 0.25) is 11.8 Å². The summed E-state index contributed by atoms with van der Waals surface area (Å²) in [6.45, 7) is 1.35. The molecule has 7 heteroatoms. The standard InChI is InChI=1S/C12H11F3N2O2/c1-6-12(19)17(5-4-9(18)16-6)8-3-2-7(13)10(14)11(8)15/h2-3,6H,4-5H2,1H3,(H,16,18). The summed E-state index contributed by atoms with van der Waals surface area (Å²) < 4.78 is 39.7. The molecule has 1 aliphatic rings. The Morgan fingerprint density at radius 2 is 1.89 bits per heavy atom. The molecule has 1 N–H and O–H groups in total. The molecule has 1 heterocycles. The van der Waals surface area contributed by atoms with Crippen molar-refractivity contribution in [1.29, 1.82) is 0 Å². The largest absolute Gasteiger partial charge is 0.345 e. The van der Waals surface area contributed by atoms with Crippen molar-refractivity contribution in [1.82, 2.24) is 5.32 Å². The molecule has 1 saturated heterocycles. The second-order valence-corrected chi connectivity index (χ2v) is 4.22. The lowest BCUT2D eigenvalue weighted by Gasteiger charge is -2.23. The zero-order valence-electron chi connectivity index (χ0n) is 10.0. The van der Waals surface area contributed by atoms with Gasteiger partial charge in [0.25, 0.3) is 0 Å². The average Bonchev–Trinajstić information content (AvgIpc) is 2.48. The van der Waals surface area contributed by atoms with Crippen molar-refractivity contribution in [2.24, 2.45) is 0 Å². The predicted octanol–water partition coefficient (Wildman–Crippen LogP) is 1.35. The third-order valence-electron chi connectivity index (χ3n) is 2.88. The second-order valence-electron chi connectivity index (χ2n) is 4.22. The average molecular weight is 272 g/mol. The SMILES string of the molecule is CC1NC(=O)CCN(c2ccc(F)c(F)c2F)C1=O. The number of anilines is 1. The van der Waals surface area contributed by atoms with E-state index in [1.807, 2.05) is 0 Å². The smallest absolute Gasteiger partial charge is 0.249 e. The van der Waals surface area contributed by atoms with Crippen molar-refractivity contribution in [2.45, 2.75) is 19.4 Å². The molecule has 102 valence electrons. The number of carbonyl (C=O) groups excluding carboxylic acids is 2. The van der Waals surface area contributed by atoms with Gasteiger partial charge in [-0.3, -0.25) is 9.59 Å². The Morgan fingerprint density at radius 1 is 1.21 bits per heavy atom. The van der Waals surface area contributed by atoms with Crippen LogP contribution in [0.5, 0.6) is 0 Å². The Morgan fingerprint density at radius 3 is 2.58 bits per heavy atom. The number of benzene rings is 1. The summed E-state index contributed by atoms with van der Waals surface area (Å²) in [4.78, 5) is 24.2. The molecule has 0 bridgehead atoms. The van der Waals surface area contributed by atoms with E-state index in [-0.39, 0.29) is 24.6 Å². The summed E-state index contributed by atoms with van der Waals surface area (Å²) in [5, 5.41) is 2.42. The molecule has 2 rings (SSSR count). The van der Waals surface area contributed by atoms with Gasteiger partial charge in [-0.25, -0.2) is 13.2 Å². The van der Waals surface area contributed by atoms with E-state index in [4.69, 9.17) is 0 Å². The molecule has 0 aromatic heterocycles. The lowest BCUT2D eigenvalue weighted by atomic mass is 10.2. The molecule has 0 aliphatic carbocycles. The molecular weight excluding hydrogens is 261 g/mol. The summed E-state index contributed by atoms with van der Waals surface area (Å²) in [7, 11) is 0. The van der Waals surface area contributed by atoms with Crippen molar-refractivity contribution >= 4 is 17.5 Å². The summed E-state index contributed by atoms with van der Waals surface area (Å²) in [5.41, 5.74) is -0.368. The Bertz CT molecular complexity index is 548. The van der Waals surface area contributed by atoms with E-state index in [1.165, 1.54) is 6.92 Å². The van der Waals surface area contributed by atoms with Crippen LogP contribution < -0.4 is 10.2 Å². The highest BCUT2D eigenvalue weighted by atomic mass is 19.2. The highest BCUT2D eigenvalue weighted by molar-refractivity contribution is 6.01. The summed E-state index contributed by atoms with van der Waals surface area (Å²) in [5.74, 6) is -5.33. The zero-order chi connectivity index (χ0) is 14.2. The molecule has 1 aromatic rings. The van der Waals surface area contributed by atoms with Crippen molar-refractivity contribution in [3.63, 3.8) is 0 Å². The van der Waals surface area contributed by atoms with Crippen LogP contribution in [0.25, 0.3) is 0 Å². The Balaban J connectivity index is 2.42. The van der Waals surface area contributed by atoms with Gasteiger partial charge in [0.05, 0.1) is 5.69 Å². The number of nitrogens with zero attached hydrogens (tertiary/aromatic N) is 1. The maximum absolute atomic E-state index is 13.7. The summed E-state index contributed by atoms with van der Waals surface area (Å²) >= 11 is 0. The Kier molecular flexibility index (Phi) is 3.46. The van der Waals surface area contributed by atoms with E-state index < -0.39 is 29.4 Å². The number of amides is 2. The van der Waals surface area contributed by atoms with Crippen LogP contribution in [-0.2, 0) is 9.59 Å². The van der Waals surface area contributed by atoms with Crippen LogP contribution in [0.15, 0.2) is 12.1 Å². The van der Waals surface area contributed by atoms with E-state index >= 15 is 0 Å². The van der Waals surface area contributed by atoms with Crippen molar-refractivity contribution in [3.8, 4) is 0 Å². The van der Waals surface area contributed by atoms with Crippen LogP contribution in [0, 0.1) is 17.5 Å². The van der Waals surface area contributed by atoms with E-state index in [1.54, 1.807) is 0 Å². The van der Waals surface area contributed by atoms with E-state index in [0.29, 0.717) is 0 Å². The molecule has 0 saturated carbocycles. The lowest BCUT2D eigenvalue weighted by Crippen LogP contribution is -2.43. The first kappa shape index (κ1) is 13.4. The van der Waals surface area contributed by atoms with Gasteiger partial charge in [-0.1, -0.05) is 0 Å². The van der Waals surface area contributed by atoms with Crippen LogP contribution >= 0.6 is 0 Å². The van der Waals surface area contributed by atoms with Crippen molar-refractivity contribution in [2.75, 3.05) is 11.4 Å². The van der Waals surface area contributed by atoms with Crippen LogP contribution in [-0.4, -0.2) is 24.4 Å². The van der Waals surface area contributed by atoms with Crippen molar-refractivity contribution < 1.29 is 22.8 Å². The highest BCUT2D eigenvalue weighted by Gasteiger charge is 2.30. The number of rotatable bonds is 1. The summed E-state index contributed by atoms with van der Waals surface area (Å²) in [6, 6.07) is 0.877. The third-order valence-corrected chi connectivity index (χ3v) is 2.88. The maximum atomic E-state index is 13.7. The quantitative estimate of drug-likeness (QED) is 0.784. The van der Waals surface area contributed by atoms with Crippen LogP contribution in [0.2, 0.25) is 0 Å². The van der Waals surface area contributed by atoms with Gasteiger partial charge in [0.1, 0.15) is 6.04 Å². The minimum absolute atomic E-state index is 0.0332. The molecule has 1 aliphatic heterocycles. The number of carbonyl (C=O) groups is 2. The van der Waals surface area contributed by atoms with E-state index in [2.05, 4.69) is 5.32 Å². The van der Waals surface area contributed by atoms with E-state index in [0.717, 1.165) is 17.0 Å². The molecule has 4 nitrogen and oxygen atoms in total. The number of hydrogen-bond acceptors (Lipinski definition) is 2. The lowest BCUT2D eigenvalue weighted by molar-refractivity contribution is -0.125. The second kappa shape index (κ2) is 4.91. The van der Waals surface area contributed by atoms with Crippen LogP contribution in [0.3, 0.4) is 0 Å². The molecule has 2 amide bonds. The summed E-state index contributed by atoms with van der Waals surface area (Å²) in [6.07, 6.45) is -0.0332. The number of hydrogen-bond donors (Lipinski definition) is 1. The molecule has 1 atom stereocenters. The van der Waals surface area contributed by atoms with Gasteiger partial charge in [-0.15, -0.1) is 0 Å². The fourth-order valence-electron chi connectivity index (χ4n) is 1.90. The Hall–Kier alpha value is -2.05. The minimum Gasteiger partial charge on any atom is -0.345 e. The van der Waals surface area contributed by atoms with Crippen LogP contribution in [0.1, 0.15) is 13.3 Å². The number of halogens is 3. The highest BCUT2D eigenvalue weighted by Crippen LogP contribution is 2.25. The fourth-order valence-corrected chi connectivity index (χ4v) is 1.90. The fraction of sp³-hybridized carbons (Fsp3) is 0.333. The molecule has 1 aromatic carbocycles. The van der Waals surface area contributed by atoms with Crippen LogP contribution in [0.4, 0.5) is 18.9 Å². The maximum Gasteiger partial charge on any atom is 0.249 e. The van der Waals surface area contributed by atoms with Gasteiger partial charge in [-0.2, -0.15) is 0 Å². The molecule has 0 radical (unpaired) electrons. The zero-order valence-corrected chi connectivity index (χ0v) is 10.0. The third kappa shape index (κ3) is 2.40.